The van der Waals surface area contributed by atoms with E-state index in [9.17, 15) is 4.79 Å². The summed E-state index contributed by atoms with van der Waals surface area (Å²) in [6, 6.07) is 7.89. The molecule has 1 N–H and O–H groups in total. The van der Waals surface area contributed by atoms with E-state index in [1.165, 1.54) is 0 Å². The predicted octanol–water partition coefficient (Wildman–Crippen LogP) is 3.89. The van der Waals surface area contributed by atoms with Crippen LogP contribution in [-0.2, 0) is 11.3 Å². The van der Waals surface area contributed by atoms with E-state index >= 15 is 0 Å². The Balaban J connectivity index is 1.94. The minimum atomic E-state index is -0.441. The van der Waals surface area contributed by atoms with Gasteiger partial charge in [-0.3, -0.25) is 10.1 Å². The number of benzene rings is 1. The van der Waals surface area contributed by atoms with Crippen LogP contribution in [0.1, 0.15) is 20.3 Å². The fourth-order valence-corrected chi connectivity index (χ4v) is 3.86. The van der Waals surface area contributed by atoms with E-state index in [2.05, 4.69) is 42.2 Å². The number of carbonyl (C=O) groups is 1. The molecule has 1 aliphatic carbocycles. The largest absolute Gasteiger partial charge is 0.310 e. The van der Waals surface area contributed by atoms with Crippen molar-refractivity contribution in [2.75, 3.05) is 5.32 Å². The molecule has 1 aromatic carbocycles. The SMILES string of the molecule is CCn1c(NC(=O)[C@@]2(C)CC2(Br)Br)nc2ccccc21. The molecule has 1 aromatic heterocycles. The van der Waals surface area contributed by atoms with Crippen molar-refractivity contribution >= 4 is 54.7 Å². The molecule has 20 heavy (non-hydrogen) atoms. The Kier molecular flexibility index (Phi) is 3.21. The summed E-state index contributed by atoms with van der Waals surface area (Å²) in [6.07, 6.45) is 0.762. The standard InChI is InChI=1S/C14H15Br2N3O/c1-3-19-10-7-5-4-6-9(10)17-12(19)18-11(20)13(2)8-14(13,15)16/h4-7H,3,8H2,1-2H3,(H,17,18,20)/t13-/m1/s1. The minimum Gasteiger partial charge on any atom is -0.310 e. The maximum absolute atomic E-state index is 12.4. The fourth-order valence-electron chi connectivity index (χ4n) is 2.38. The molecule has 0 bridgehead atoms. The van der Waals surface area contributed by atoms with Crippen LogP contribution >= 0.6 is 31.9 Å². The zero-order chi connectivity index (χ0) is 14.5. The highest BCUT2D eigenvalue weighted by molar-refractivity contribution is 9.25. The van der Waals surface area contributed by atoms with Crippen molar-refractivity contribution in [2.24, 2.45) is 5.41 Å². The molecule has 0 radical (unpaired) electrons. The van der Waals surface area contributed by atoms with E-state index in [1.54, 1.807) is 0 Å². The van der Waals surface area contributed by atoms with Gasteiger partial charge in [0, 0.05) is 6.54 Å². The number of nitrogens with one attached hydrogen (secondary N) is 1. The second-order valence-electron chi connectivity index (χ2n) is 5.34. The van der Waals surface area contributed by atoms with Crippen LogP contribution in [-0.4, -0.2) is 18.7 Å². The zero-order valence-electron chi connectivity index (χ0n) is 11.3. The van der Waals surface area contributed by atoms with Crippen molar-refractivity contribution in [3.8, 4) is 0 Å². The van der Waals surface area contributed by atoms with E-state index in [1.807, 2.05) is 42.7 Å². The predicted molar refractivity (Wildman–Crippen MR) is 87.3 cm³/mol. The summed E-state index contributed by atoms with van der Waals surface area (Å²) < 4.78 is 1.73. The van der Waals surface area contributed by atoms with E-state index < -0.39 is 5.41 Å². The van der Waals surface area contributed by atoms with Crippen molar-refractivity contribution in [3.63, 3.8) is 0 Å². The number of aromatic nitrogens is 2. The number of nitrogens with zero attached hydrogens (tertiary/aromatic N) is 2. The quantitative estimate of drug-likeness (QED) is 0.794. The molecule has 1 fully saturated rings. The Morgan fingerprint density at radius 1 is 1.45 bits per heavy atom. The Hall–Kier alpha value is -0.880. The van der Waals surface area contributed by atoms with Gasteiger partial charge in [-0.2, -0.15) is 0 Å². The van der Waals surface area contributed by atoms with Crippen LogP contribution in [0.15, 0.2) is 24.3 Å². The van der Waals surface area contributed by atoms with Gasteiger partial charge in [-0.05, 0) is 32.4 Å². The van der Waals surface area contributed by atoms with Gasteiger partial charge in [-0.25, -0.2) is 4.98 Å². The molecular weight excluding hydrogens is 386 g/mol. The maximum atomic E-state index is 12.4. The first-order chi connectivity index (χ1) is 9.39. The molecule has 0 saturated heterocycles. The van der Waals surface area contributed by atoms with Gasteiger partial charge < -0.3 is 4.57 Å². The van der Waals surface area contributed by atoms with Crippen LogP contribution in [0.5, 0.6) is 0 Å². The van der Waals surface area contributed by atoms with Crippen LogP contribution in [0.4, 0.5) is 5.95 Å². The molecule has 0 spiro atoms. The highest BCUT2D eigenvalue weighted by Gasteiger charge is 2.66. The van der Waals surface area contributed by atoms with Gasteiger partial charge in [0.1, 0.15) is 0 Å². The zero-order valence-corrected chi connectivity index (χ0v) is 14.5. The van der Waals surface area contributed by atoms with Crippen molar-refractivity contribution in [1.82, 2.24) is 9.55 Å². The Bertz CT molecular complexity index is 695. The van der Waals surface area contributed by atoms with Gasteiger partial charge >= 0.3 is 0 Å². The summed E-state index contributed by atoms with van der Waals surface area (Å²) in [4.78, 5) is 16.9. The molecule has 4 nitrogen and oxygen atoms in total. The van der Waals surface area contributed by atoms with Gasteiger partial charge in [-0.1, -0.05) is 44.0 Å². The number of aryl methyl sites for hydroxylation is 1. The van der Waals surface area contributed by atoms with E-state index in [0.29, 0.717) is 5.95 Å². The van der Waals surface area contributed by atoms with Gasteiger partial charge in [0.2, 0.25) is 11.9 Å². The van der Waals surface area contributed by atoms with E-state index in [4.69, 9.17) is 0 Å². The van der Waals surface area contributed by atoms with Crippen LogP contribution in [0.3, 0.4) is 0 Å². The smallest absolute Gasteiger partial charge is 0.234 e. The van der Waals surface area contributed by atoms with Crippen LogP contribution < -0.4 is 5.32 Å². The number of anilines is 1. The van der Waals surface area contributed by atoms with Crippen LogP contribution in [0.2, 0.25) is 0 Å². The van der Waals surface area contributed by atoms with Crippen molar-refractivity contribution in [3.05, 3.63) is 24.3 Å². The molecule has 2 aromatic rings. The van der Waals surface area contributed by atoms with Crippen LogP contribution in [0.25, 0.3) is 11.0 Å². The van der Waals surface area contributed by atoms with E-state index in [0.717, 1.165) is 24.0 Å². The number of halogens is 2. The number of para-hydroxylation sites is 2. The summed E-state index contributed by atoms with van der Waals surface area (Å²) in [5, 5.41) is 2.96. The molecule has 1 saturated carbocycles. The highest BCUT2D eigenvalue weighted by atomic mass is 79.9. The lowest BCUT2D eigenvalue weighted by atomic mass is 10.1. The maximum Gasteiger partial charge on any atom is 0.234 e. The van der Waals surface area contributed by atoms with Crippen molar-refractivity contribution in [2.45, 2.75) is 30.0 Å². The minimum absolute atomic E-state index is 0.0174. The molecule has 1 heterocycles. The summed E-state index contributed by atoms with van der Waals surface area (Å²) in [7, 11) is 0. The lowest BCUT2D eigenvalue weighted by molar-refractivity contribution is -0.120. The monoisotopic (exact) mass is 399 g/mol. The first kappa shape index (κ1) is 14.1. The Labute approximate surface area is 134 Å². The molecule has 1 amide bonds. The average Bonchev–Trinajstić information content (AvgIpc) is 2.78. The molecule has 1 aliphatic rings. The van der Waals surface area contributed by atoms with Gasteiger partial charge in [0.15, 0.2) is 0 Å². The van der Waals surface area contributed by atoms with Crippen LogP contribution in [0, 0.1) is 5.41 Å². The number of carbonyl (C=O) groups excluding carboxylic acids is 1. The first-order valence-corrected chi connectivity index (χ1v) is 8.12. The second kappa shape index (κ2) is 4.56. The van der Waals surface area contributed by atoms with Gasteiger partial charge in [-0.15, -0.1) is 0 Å². The number of hydrogen-bond donors (Lipinski definition) is 1. The molecule has 0 aliphatic heterocycles. The number of rotatable bonds is 3. The Morgan fingerprint density at radius 3 is 2.70 bits per heavy atom. The third-order valence-electron chi connectivity index (χ3n) is 3.96. The topological polar surface area (TPSA) is 46.9 Å². The molecule has 1 atom stereocenters. The number of alkyl halides is 2. The highest BCUT2D eigenvalue weighted by Crippen LogP contribution is 2.66. The fraction of sp³-hybridized carbons (Fsp3) is 0.429. The number of amides is 1. The van der Waals surface area contributed by atoms with Gasteiger partial charge in [0.25, 0.3) is 0 Å². The second-order valence-corrected chi connectivity index (χ2v) is 9.11. The molecule has 106 valence electrons. The van der Waals surface area contributed by atoms with Crippen molar-refractivity contribution in [1.29, 1.82) is 0 Å². The summed E-state index contributed by atoms with van der Waals surface area (Å²) in [5.74, 6) is 0.596. The first-order valence-electron chi connectivity index (χ1n) is 6.53. The normalized spacial score (nSPS) is 23.8. The third kappa shape index (κ3) is 2.00. The third-order valence-corrected chi connectivity index (χ3v) is 6.27. The summed E-state index contributed by atoms with van der Waals surface area (Å²) in [5.41, 5.74) is 1.49. The summed E-state index contributed by atoms with van der Waals surface area (Å²) >= 11 is 7.04. The number of hydrogen-bond acceptors (Lipinski definition) is 2. The Morgan fingerprint density at radius 2 is 2.10 bits per heavy atom. The molecule has 0 unspecified atom stereocenters. The molecule has 6 heteroatoms. The summed E-state index contributed by atoms with van der Waals surface area (Å²) in [6.45, 7) is 4.74. The number of imidazole rings is 1. The molecule has 3 rings (SSSR count). The lowest BCUT2D eigenvalue weighted by Crippen LogP contribution is -2.27. The van der Waals surface area contributed by atoms with Crippen molar-refractivity contribution < 1.29 is 4.79 Å². The van der Waals surface area contributed by atoms with Gasteiger partial charge in [0.05, 0.1) is 19.7 Å². The number of fused-ring (bicyclic) bond motifs is 1. The molecular formula is C14H15Br2N3O. The lowest BCUT2D eigenvalue weighted by Gasteiger charge is -2.13. The van der Waals surface area contributed by atoms with E-state index in [-0.39, 0.29) is 9.14 Å². The average molecular weight is 401 g/mol.